The second-order valence-corrected chi connectivity index (χ2v) is 9.55. The van der Waals surface area contributed by atoms with Crippen molar-refractivity contribution >= 4 is 18.0 Å². The Bertz CT molecular complexity index is 1110. The van der Waals surface area contributed by atoms with E-state index in [2.05, 4.69) is 29.6 Å². The lowest BCUT2D eigenvalue weighted by atomic mass is 9.88. The van der Waals surface area contributed by atoms with Gasteiger partial charge in [-0.25, -0.2) is 9.59 Å². The topological polar surface area (TPSA) is 95.9 Å². The molecule has 0 spiro atoms. The normalized spacial score (nSPS) is 23.3. The van der Waals surface area contributed by atoms with Gasteiger partial charge in [-0.1, -0.05) is 60.7 Å². The first-order chi connectivity index (χ1) is 17.0. The molecule has 35 heavy (non-hydrogen) atoms. The molecule has 2 N–H and O–H groups in total. The van der Waals surface area contributed by atoms with E-state index in [1.165, 1.54) is 16.0 Å². The number of aliphatic carboxylic acids is 1. The smallest absolute Gasteiger partial charge is 0.407 e. The van der Waals surface area contributed by atoms with E-state index < -0.39 is 18.1 Å². The lowest BCUT2D eigenvalue weighted by Crippen LogP contribution is -2.51. The van der Waals surface area contributed by atoms with Crippen LogP contribution in [0.4, 0.5) is 4.79 Å². The third-order valence-corrected chi connectivity index (χ3v) is 7.39. The minimum Gasteiger partial charge on any atom is -0.480 e. The van der Waals surface area contributed by atoms with Crippen molar-refractivity contribution in [3.05, 3.63) is 71.8 Å². The van der Waals surface area contributed by atoms with Crippen LogP contribution in [0.3, 0.4) is 0 Å². The number of likely N-dealkylation sites (tertiary alicyclic amines) is 1. The number of piperidine rings is 1. The molecule has 3 atom stereocenters. The molecule has 7 heteroatoms. The fourth-order valence-corrected chi connectivity index (χ4v) is 5.68. The summed E-state index contributed by atoms with van der Waals surface area (Å²) in [6.45, 7) is 0.702. The number of fused-ring (bicyclic) bond motifs is 3. The molecule has 2 aromatic carbocycles. The molecule has 2 aromatic rings. The largest absolute Gasteiger partial charge is 0.480 e. The molecule has 0 radical (unpaired) electrons. The van der Waals surface area contributed by atoms with E-state index in [0.29, 0.717) is 25.8 Å². The molecular weight excluding hydrogens is 444 g/mol. The summed E-state index contributed by atoms with van der Waals surface area (Å²) < 4.78 is 5.65. The van der Waals surface area contributed by atoms with Gasteiger partial charge in [-0.15, -0.1) is 0 Å². The van der Waals surface area contributed by atoms with Gasteiger partial charge in [0.05, 0.1) is 6.04 Å². The van der Waals surface area contributed by atoms with Crippen molar-refractivity contribution in [2.75, 3.05) is 13.2 Å². The van der Waals surface area contributed by atoms with Crippen LogP contribution in [0, 0.1) is 5.92 Å². The fourth-order valence-electron chi connectivity index (χ4n) is 5.68. The number of carboxylic acid groups (broad SMARTS) is 1. The first-order valence-electron chi connectivity index (χ1n) is 12.3. The molecule has 5 rings (SSSR count). The number of benzene rings is 2. The average molecular weight is 475 g/mol. The summed E-state index contributed by atoms with van der Waals surface area (Å²) in [5.74, 6) is -1.45. The molecule has 7 nitrogen and oxygen atoms in total. The average Bonchev–Trinajstić information content (AvgIpc) is 3.21. The summed E-state index contributed by atoms with van der Waals surface area (Å²) >= 11 is 0. The molecule has 2 amide bonds. The third-order valence-electron chi connectivity index (χ3n) is 7.39. The number of carbonyl (C=O) groups is 3. The van der Waals surface area contributed by atoms with Crippen molar-refractivity contribution in [3.8, 4) is 11.1 Å². The maximum Gasteiger partial charge on any atom is 0.407 e. The van der Waals surface area contributed by atoms with Gasteiger partial charge in [-0.05, 0) is 54.4 Å². The van der Waals surface area contributed by atoms with Crippen LogP contribution in [0.5, 0.6) is 0 Å². The van der Waals surface area contributed by atoms with Crippen LogP contribution >= 0.6 is 0 Å². The van der Waals surface area contributed by atoms with E-state index in [1.54, 1.807) is 0 Å². The molecule has 0 bridgehead atoms. The number of rotatable bonds is 5. The van der Waals surface area contributed by atoms with Gasteiger partial charge in [-0.2, -0.15) is 0 Å². The van der Waals surface area contributed by atoms with Crippen LogP contribution in [-0.4, -0.2) is 53.2 Å². The Labute approximate surface area is 204 Å². The molecular formula is C28H30N2O5. The van der Waals surface area contributed by atoms with Gasteiger partial charge in [0.2, 0.25) is 5.91 Å². The number of nitrogens with one attached hydrogen (secondary N) is 1. The van der Waals surface area contributed by atoms with Gasteiger partial charge < -0.3 is 20.1 Å². The number of alkyl carbamates (subject to hydrolysis) is 1. The predicted molar refractivity (Wildman–Crippen MR) is 131 cm³/mol. The van der Waals surface area contributed by atoms with E-state index in [0.717, 1.165) is 24.0 Å². The highest BCUT2D eigenvalue weighted by atomic mass is 16.5. The zero-order valence-corrected chi connectivity index (χ0v) is 19.6. The van der Waals surface area contributed by atoms with Crippen molar-refractivity contribution in [1.82, 2.24) is 10.2 Å². The van der Waals surface area contributed by atoms with Gasteiger partial charge in [0.15, 0.2) is 0 Å². The standard InChI is InChI=1S/C28H30N2O5/c31-26(30-15-6-5-14-25(30)27(32)33)18-8-7-9-19(16-18)29-28(34)35-17-24-22-12-3-1-10-20(22)21-11-2-4-13-23(21)24/h1-4,7,9-13,18-19,24-25H,5-6,8,14-17H2,(H,29,34)(H,32,33)/t18-,19-,25?/m1/s1. The fraction of sp³-hybridized carbons (Fsp3) is 0.393. The van der Waals surface area contributed by atoms with Crippen LogP contribution in [0.15, 0.2) is 60.7 Å². The third kappa shape index (κ3) is 4.67. The Morgan fingerprint density at radius 1 is 1.00 bits per heavy atom. The van der Waals surface area contributed by atoms with Crippen LogP contribution in [0.25, 0.3) is 11.1 Å². The molecule has 2 aliphatic carbocycles. The molecule has 1 aliphatic heterocycles. The van der Waals surface area contributed by atoms with E-state index in [-0.39, 0.29) is 30.4 Å². The highest BCUT2D eigenvalue weighted by Gasteiger charge is 2.37. The highest BCUT2D eigenvalue weighted by molar-refractivity contribution is 5.85. The molecule has 1 saturated heterocycles. The Balaban J connectivity index is 1.19. The van der Waals surface area contributed by atoms with Crippen LogP contribution in [0.2, 0.25) is 0 Å². The Kier molecular flexibility index (Phi) is 6.57. The molecule has 1 unspecified atom stereocenters. The molecule has 1 fully saturated rings. The van der Waals surface area contributed by atoms with Crippen molar-refractivity contribution in [2.45, 2.75) is 50.1 Å². The quantitative estimate of drug-likeness (QED) is 0.629. The number of nitrogens with zero attached hydrogens (tertiary/aromatic N) is 1. The lowest BCUT2D eigenvalue weighted by molar-refractivity contribution is -0.154. The molecule has 1 heterocycles. The molecule has 3 aliphatic rings. The Morgan fingerprint density at radius 2 is 1.69 bits per heavy atom. The molecule has 182 valence electrons. The monoisotopic (exact) mass is 474 g/mol. The first-order valence-corrected chi connectivity index (χ1v) is 12.3. The van der Waals surface area contributed by atoms with Crippen molar-refractivity contribution in [3.63, 3.8) is 0 Å². The summed E-state index contributed by atoms with van der Waals surface area (Å²) in [5.41, 5.74) is 4.65. The number of carbonyl (C=O) groups excluding carboxylic acids is 2. The van der Waals surface area contributed by atoms with Gasteiger partial charge in [0.1, 0.15) is 12.6 Å². The van der Waals surface area contributed by atoms with Crippen molar-refractivity contribution in [2.24, 2.45) is 5.92 Å². The van der Waals surface area contributed by atoms with Crippen LogP contribution < -0.4 is 5.32 Å². The zero-order valence-electron chi connectivity index (χ0n) is 19.6. The maximum absolute atomic E-state index is 13.1. The minimum absolute atomic E-state index is 0.0172. The highest BCUT2D eigenvalue weighted by Crippen LogP contribution is 2.44. The maximum atomic E-state index is 13.1. The summed E-state index contributed by atoms with van der Waals surface area (Å²) in [6.07, 6.45) is 6.36. The minimum atomic E-state index is -0.947. The number of ether oxygens (including phenoxy) is 1. The SMILES string of the molecule is O=C(N[C@@H]1C=CC[C@@H](C(=O)N2CCCCC2C(=O)O)C1)OCC1c2ccccc2-c2ccccc21. The van der Waals surface area contributed by atoms with Gasteiger partial charge in [0, 0.05) is 18.4 Å². The van der Waals surface area contributed by atoms with Crippen molar-refractivity contribution < 1.29 is 24.2 Å². The summed E-state index contributed by atoms with van der Waals surface area (Å²) in [5, 5.41) is 12.4. The first kappa shape index (κ1) is 23.1. The zero-order chi connectivity index (χ0) is 24.4. The number of hydrogen-bond donors (Lipinski definition) is 2. The Hall–Kier alpha value is -3.61. The van der Waals surface area contributed by atoms with Crippen molar-refractivity contribution in [1.29, 1.82) is 0 Å². The molecule has 0 saturated carbocycles. The predicted octanol–water partition coefficient (Wildman–Crippen LogP) is 4.33. The van der Waals surface area contributed by atoms with E-state index in [9.17, 15) is 19.5 Å². The number of amides is 2. The molecule has 0 aromatic heterocycles. The second-order valence-electron chi connectivity index (χ2n) is 9.55. The van der Waals surface area contributed by atoms with E-state index in [1.807, 2.05) is 36.4 Å². The van der Waals surface area contributed by atoms with Gasteiger partial charge >= 0.3 is 12.1 Å². The summed E-state index contributed by atoms with van der Waals surface area (Å²) in [4.78, 5) is 38.9. The number of allylic oxidation sites excluding steroid dienone is 1. The van der Waals surface area contributed by atoms with Gasteiger partial charge in [0.25, 0.3) is 0 Å². The number of carboxylic acids is 1. The summed E-state index contributed by atoms with van der Waals surface area (Å²) in [6, 6.07) is 15.3. The van der Waals surface area contributed by atoms with Gasteiger partial charge in [-0.3, -0.25) is 4.79 Å². The van der Waals surface area contributed by atoms with Crippen LogP contribution in [0.1, 0.15) is 49.1 Å². The second kappa shape index (κ2) is 9.94. The number of hydrogen-bond acceptors (Lipinski definition) is 4. The van der Waals surface area contributed by atoms with E-state index in [4.69, 9.17) is 4.74 Å². The summed E-state index contributed by atoms with van der Waals surface area (Å²) in [7, 11) is 0. The Morgan fingerprint density at radius 3 is 2.37 bits per heavy atom. The lowest BCUT2D eigenvalue weighted by Gasteiger charge is -2.36. The van der Waals surface area contributed by atoms with E-state index >= 15 is 0 Å². The van der Waals surface area contributed by atoms with Crippen LogP contribution in [-0.2, 0) is 14.3 Å².